The van der Waals surface area contributed by atoms with Gasteiger partial charge in [0.15, 0.2) is 0 Å². The van der Waals surface area contributed by atoms with Crippen LogP contribution in [0.1, 0.15) is 12.0 Å². The maximum Gasteiger partial charge on any atom is 0.240 e. The van der Waals surface area contributed by atoms with Gasteiger partial charge in [0.25, 0.3) is 0 Å². The number of hydrogen-bond donors (Lipinski definition) is 1. The molecule has 0 heterocycles. The molecule has 0 atom stereocenters. The Bertz CT molecular complexity index is 612. The van der Waals surface area contributed by atoms with E-state index in [4.69, 9.17) is 0 Å². The summed E-state index contributed by atoms with van der Waals surface area (Å²) in [5.74, 6) is 0.675. The molecule has 0 aliphatic heterocycles. The molecule has 0 bridgehead atoms. The van der Waals surface area contributed by atoms with Crippen molar-refractivity contribution in [3.63, 3.8) is 0 Å². The molecule has 0 fully saturated rings. The second kappa shape index (κ2) is 9.33. The van der Waals surface area contributed by atoms with Crippen molar-refractivity contribution in [1.29, 1.82) is 0 Å². The molecule has 0 aromatic heterocycles. The minimum absolute atomic E-state index is 0.0691. The van der Waals surface area contributed by atoms with E-state index in [-0.39, 0.29) is 5.91 Å². The van der Waals surface area contributed by atoms with E-state index >= 15 is 0 Å². The highest BCUT2D eigenvalue weighted by Gasteiger charge is 2.00. The summed E-state index contributed by atoms with van der Waals surface area (Å²) in [6.07, 6.45) is 4.14. The predicted octanol–water partition coefficient (Wildman–Crippen LogP) is 4.04. The van der Waals surface area contributed by atoms with Gasteiger partial charge >= 0.3 is 0 Å². The average Bonchev–Trinajstić information content (AvgIpc) is 2.56. The SMILES string of the molecule is CSc1ccc(/C=N\NC(=O)CCSc2ccccc2)cc1. The zero-order valence-electron chi connectivity index (χ0n) is 12.4. The van der Waals surface area contributed by atoms with Crippen LogP contribution < -0.4 is 5.43 Å². The van der Waals surface area contributed by atoms with Crippen LogP contribution in [0.5, 0.6) is 0 Å². The second-order valence-corrected chi connectivity index (χ2v) is 6.53. The van der Waals surface area contributed by atoms with Gasteiger partial charge in [-0.05, 0) is 36.1 Å². The number of benzene rings is 2. The van der Waals surface area contributed by atoms with Gasteiger partial charge < -0.3 is 0 Å². The fourth-order valence-electron chi connectivity index (χ4n) is 1.70. The third-order valence-electron chi connectivity index (χ3n) is 2.86. The Labute approximate surface area is 139 Å². The van der Waals surface area contributed by atoms with Crippen LogP contribution in [0.25, 0.3) is 0 Å². The number of rotatable bonds is 7. The molecule has 0 saturated heterocycles. The molecule has 22 heavy (non-hydrogen) atoms. The summed E-state index contributed by atoms with van der Waals surface area (Å²) >= 11 is 3.36. The van der Waals surface area contributed by atoms with Crippen molar-refractivity contribution in [3.8, 4) is 0 Å². The summed E-state index contributed by atoms with van der Waals surface area (Å²) in [6, 6.07) is 18.1. The number of nitrogens with zero attached hydrogens (tertiary/aromatic N) is 1. The van der Waals surface area contributed by atoms with Crippen LogP contribution in [0.2, 0.25) is 0 Å². The van der Waals surface area contributed by atoms with Gasteiger partial charge in [-0.3, -0.25) is 4.79 Å². The lowest BCUT2D eigenvalue weighted by atomic mass is 10.2. The first-order chi connectivity index (χ1) is 10.8. The minimum atomic E-state index is -0.0691. The molecule has 5 heteroatoms. The lowest BCUT2D eigenvalue weighted by Crippen LogP contribution is -2.17. The van der Waals surface area contributed by atoms with E-state index in [1.807, 2.05) is 60.9 Å². The highest BCUT2D eigenvalue weighted by atomic mass is 32.2. The van der Waals surface area contributed by atoms with Gasteiger partial charge in [0.2, 0.25) is 5.91 Å². The fraction of sp³-hybridized carbons (Fsp3) is 0.176. The molecule has 2 rings (SSSR count). The van der Waals surface area contributed by atoms with Crippen LogP contribution in [0, 0.1) is 0 Å². The van der Waals surface area contributed by atoms with Crippen molar-refractivity contribution in [2.24, 2.45) is 5.10 Å². The normalized spacial score (nSPS) is 10.8. The third kappa shape index (κ3) is 5.95. The molecule has 1 amide bonds. The van der Waals surface area contributed by atoms with E-state index in [0.717, 1.165) is 11.3 Å². The van der Waals surface area contributed by atoms with Crippen molar-refractivity contribution in [3.05, 3.63) is 60.2 Å². The van der Waals surface area contributed by atoms with Gasteiger partial charge in [-0.2, -0.15) is 5.10 Å². The third-order valence-corrected chi connectivity index (χ3v) is 4.62. The summed E-state index contributed by atoms with van der Waals surface area (Å²) in [5.41, 5.74) is 3.53. The fourth-order valence-corrected chi connectivity index (χ4v) is 2.98. The van der Waals surface area contributed by atoms with Crippen molar-refractivity contribution in [2.45, 2.75) is 16.2 Å². The molecule has 0 aliphatic rings. The quantitative estimate of drug-likeness (QED) is 0.473. The smallest absolute Gasteiger partial charge is 0.240 e. The minimum Gasteiger partial charge on any atom is -0.273 e. The molecule has 114 valence electrons. The Kier molecular flexibility index (Phi) is 7.06. The summed E-state index contributed by atoms with van der Waals surface area (Å²) in [7, 11) is 0. The zero-order valence-corrected chi connectivity index (χ0v) is 14.0. The van der Waals surface area contributed by atoms with E-state index in [1.165, 1.54) is 9.79 Å². The molecular formula is C17H18N2OS2. The van der Waals surface area contributed by atoms with E-state index in [9.17, 15) is 4.79 Å². The molecule has 0 aliphatic carbocycles. The average molecular weight is 330 g/mol. The molecule has 0 unspecified atom stereocenters. The molecule has 1 N–H and O–H groups in total. The van der Waals surface area contributed by atoms with Crippen molar-refractivity contribution in [2.75, 3.05) is 12.0 Å². The maximum atomic E-state index is 11.7. The van der Waals surface area contributed by atoms with Crippen LogP contribution in [0.3, 0.4) is 0 Å². The molecular weight excluding hydrogens is 312 g/mol. The van der Waals surface area contributed by atoms with E-state index in [0.29, 0.717) is 6.42 Å². The van der Waals surface area contributed by atoms with Gasteiger partial charge in [0.1, 0.15) is 0 Å². The molecule has 2 aromatic carbocycles. The Morgan fingerprint density at radius 2 is 1.82 bits per heavy atom. The van der Waals surface area contributed by atoms with Gasteiger partial charge in [0.05, 0.1) is 6.21 Å². The highest BCUT2D eigenvalue weighted by Crippen LogP contribution is 2.17. The first-order valence-corrected chi connectivity index (χ1v) is 9.13. The number of carbonyl (C=O) groups is 1. The topological polar surface area (TPSA) is 41.5 Å². The van der Waals surface area contributed by atoms with Gasteiger partial charge in [-0.15, -0.1) is 23.5 Å². The summed E-state index contributed by atoms with van der Waals surface area (Å²) in [6.45, 7) is 0. The summed E-state index contributed by atoms with van der Waals surface area (Å²) < 4.78 is 0. The Morgan fingerprint density at radius 1 is 1.09 bits per heavy atom. The standard InChI is InChI=1S/C17H18N2OS2/c1-21-15-9-7-14(8-10-15)13-18-19-17(20)11-12-22-16-5-3-2-4-6-16/h2-10,13H,11-12H2,1H3,(H,19,20)/b18-13-. The summed E-state index contributed by atoms with van der Waals surface area (Å²) in [4.78, 5) is 14.1. The predicted molar refractivity (Wildman–Crippen MR) is 95.7 cm³/mol. The van der Waals surface area contributed by atoms with E-state index in [1.54, 1.807) is 29.7 Å². The highest BCUT2D eigenvalue weighted by molar-refractivity contribution is 7.99. The molecule has 0 saturated carbocycles. The first kappa shape index (κ1) is 16.6. The molecule has 2 aromatic rings. The number of amides is 1. The van der Waals surface area contributed by atoms with Crippen LogP contribution in [0.15, 0.2) is 69.5 Å². The van der Waals surface area contributed by atoms with Gasteiger partial charge in [-0.25, -0.2) is 5.43 Å². The van der Waals surface area contributed by atoms with Crippen molar-refractivity contribution >= 4 is 35.6 Å². The van der Waals surface area contributed by atoms with E-state index in [2.05, 4.69) is 10.5 Å². The number of carbonyl (C=O) groups excluding carboxylic acids is 1. The van der Waals surface area contributed by atoms with E-state index < -0.39 is 0 Å². The Morgan fingerprint density at radius 3 is 2.50 bits per heavy atom. The summed E-state index contributed by atoms with van der Waals surface area (Å²) in [5, 5.41) is 3.98. The number of nitrogens with one attached hydrogen (secondary N) is 1. The molecule has 3 nitrogen and oxygen atoms in total. The molecule has 0 spiro atoms. The monoisotopic (exact) mass is 330 g/mol. The van der Waals surface area contributed by atoms with Crippen LogP contribution in [-0.4, -0.2) is 24.1 Å². The van der Waals surface area contributed by atoms with Crippen LogP contribution >= 0.6 is 23.5 Å². The Hall–Kier alpha value is -1.72. The second-order valence-electron chi connectivity index (χ2n) is 4.48. The number of hydrogen-bond acceptors (Lipinski definition) is 4. The largest absolute Gasteiger partial charge is 0.273 e. The van der Waals surface area contributed by atoms with Crippen LogP contribution in [0.4, 0.5) is 0 Å². The number of thioether (sulfide) groups is 2. The van der Waals surface area contributed by atoms with Gasteiger partial charge in [-0.1, -0.05) is 30.3 Å². The lowest BCUT2D eigenvalue weighted by molar-refractivity contribution is -0.120. The zero-order chi connectivity index (χ0) is 15.6. The lowest BCUT2D eigenvalue weighted by Gasteiger charge is -2.01. The van der Waals surface area contributed by atoms with Crippen LogP contribution in [-0.2, 0) is 4.79 Å². The Balaban J connectivity index is 1.69. The number of hydrazone groups is 1. The first-order valence-electron chi connectivity index (χ1n) is 6.92. The maximum absolute atomic E-state index is 11.7. The van der Waals surface area contributed by atoms with Gasteiger partial charge in [0, 0.05) is 22.0 Å². The van der Waals surface area contributed by atoms with Crippen molar-refractivity contribution < 1.29 is 4.79 Å². The van der Waals surface area contributed by atoms with Crippen molar-refractivity contribution in [1.82, 2.24) is 5.43 Å². The molecule has 0 radical (unpaired) electrons.